The Morgan fingerprint density at radius 1 is 0.214 bits per heavy atom. The van der Waals surface area contributed by atoms with Gasteiger partial charge in [-0.1, -0.05) is 272 Å². The van der Waals surface area contributed by atoms with Crippen LogP contribution in [-0.2, 0) is 16.2 Å². The molecule has 1 nitrogen and oxygen atoms in total. The molecule has 0 fully saturated rings. The molecule has 392 valence electrons. The number of benzene rings is 13. The topological polar surface area (TPSA) is 3.24 Å². The highest BCUT2D eigenvalue weighted by atomic mass is 32.2. The minimum atomic E-state index is -0.554. The van der Waals surface area contributed by atoms with Gasteiger partial charge in [-0.05, 0) is 166 Å². The van der Waals surface area contributed by atoms with Crippen LogP contribution in [0.3, 0.4) is 0 Å². The van der Waals surface area contributed by atoms with Crippen molar-refractivity contribution in [3.05, 3.63) is 376 Å². The number of fused-ring (bicyclic) bond motifs is 21. The molecular weight excluding hydrogens is 1050 g/mol. The minimum absolute atomic E-state index is 0.497. The fourth-order valence-electron chi connectivity index (χ4n) is 15.9. The van der Waals surface area contributed by atoms with Crippen molar-refractivity contribution in [1.82, 2.24) is 0 Å². The van der Waals surface area contributed by atoms with Crippen LogP contribution in [0.1, 0.15) is 66.8 Å². The second kappa shape index (κ2) is 18.2. The molecule has 2 spiro atoms. The average Bonchev–Trinajstić information content (AvgIpc) is 1.94. The van der Waals surface area contributed by atoms with Crippen molar-refractivity contribution in [3.63, 3.8) is 0 Å². The molecule has 0 saturated heterocycles. The van der Waals surface area contributed by atoms with Gasteiger partial charge < -0.3 is 4.90 Å². The van der Waals surface area contributed by atoms with Gasteiger partial charge in [0, 0.05) is 36.5 Å². The predicted molar refractivity (Wildman–Crippen MR) is 347 cm³/mol. The Bertz CT molecular complexity index is 4750. The molecule has 3 heteroatoms. The van der Waals surface area contributed by atoms with Crippen LogP contribution in [0.2, 0.25) is 0 Å². The van der Waals surface area contributed by atoms with E-state index in [4.69, 9.17) is 0 Å². The highest BCUT2D eigenvalue weighted by Gasteiger charge is 2.53. The molecule has 0 aromatic heterocycles. The molecule has 0 unspecified atom stereocenters. The van der Waals surface area contributed by atoms with Gasteiger partial charge in [-0.15, -0.1) is 0 Å². The highest BCUT2D eigenvalue weighted by molar-refractivity contribution is 7.99. The number of rotatable bonds is 6. The van der Waals surface area contributed by atoms with Gasteiger partial charge >= 0.3 is 0 Å². The van der Waals surface area contributed by atoms with Crippen LogP contribution in [0.4, 0.5) is 17.1 Å². The standard InChI is InChI=1S/C81H51NS2/c1-3-23-53(24-4-1)79(54-25-5-2-6-26-54)64-31-11-7-28-58(64)61-46-43-52(49-72(61)79)57-27-10-18-38-74(57)82(55-45-48-67-63(50-55)60-30-9-13-33-66(60)80(67)68-34-14-19-39-75(68)83-76-40-20-15-35-69(76)80)56-44-47-62-59-29-8-12-32-65(59)81(73(62)51-56)70-36-16-21-41-77(70)84-78-42-22-17-37-71(78)81/h1-51H. The normalized spacial score (nSPS) is 14.9. The summed E-state index contributed by atoms with van der Waals surface area (Å²) in [5, 5.41) is 0. The van der Waals surface area contributed by atoms with Crippen LogP contribution >= 0.6 is 23.5 Å². The van der Waals surface area contributed by atoms with Gasteiger partial charge in [0.15, 0.2) is 0 Å². The van der Waals surface area contributed by atoms with E-state index in [0.29, 0.717) is 0 Å². The molecule has 0 N–H and O–H groups in total. The van der Waals surface area contributed by atoms with Crippen LogP contribution in [0, 0.1) is 0 Å². The zero-order valence-electron chi connectivity index (χ0n) is 45.7. The van der Waals surface area contributed by atoms with Gasteiger partial charge in [0.05, 0.1) is 21.9 Å². The van der Waals surface area contributed by atoms with Gasteiger partial charge in [-0.2, -0.15) is 0 Å². The molecular formula is C81H51NS2. The van der Waals surface area contributed by atoms with Crippen molar-refractivity contribution < 1.29 is 0 Å². The van der Waals surface area contributed by atoms with E-state index in [0.717, 1.165) is 28.2 Å². The van der Waals surface area contributed by atoms with E-state index < -0.39 is 16.2 Å². The first-order valence-electron chi connectivity index (χ1n) is 29.1. The third-order valence-corrected chi connectivity index (χ3v) is 21.4. The third-order valence-electron chi connectivity index (χ3n) is 19.1. The molecule has 0 radical (unpaired) electrons. The maximum absolute atomic E-state index is 2.58. The molecule has 0 amide bonds. The SMILES string of the molecule is c1ccc(C2(c3ccccc3)c3ccccc3-c3ccc(-c4ccccc4N(c4ccc5c(c4)-c4ccccc4C54c5ccccc5Sc5ccccc54)c4ccc5c(c4)C4(c6ccccc6Sc6ccccc64)c4ccccc4-5)cc32)cc1. The summed E-state index contributed by atoms with van der Waals surface area (Å²) in [7, 11) is 0. The number of hydrogen-bond donors (Lipinski definition) is 0. The van der Waals surface area contributed by atoms with Crippen molar-refractivity contribution in [1.29, 1.82) is 0 Å². The molecule has 0 atom stereocenters. The highest BCUT2D eigenvalue weighted by Crippen LogP contribution is 2.66. The van der Waals surface area contributed by atoms with Gasteiger partial charge in [-0.3, -0.25) is 0 Å². The van der Waals surface area contributed by atoms with Crippen LogP contribution in [0.15, 0.2) is 329 Å². The number of para-hydroxylation sites is 1. The fourth-order valence-corrected chi connectivity index (χ4v) is 18.3. The Morgan fingerprint density at radius 3 is 1.08 bits per heavy atom. The van der Waals surface area contributed by atoms with Crippen molar-refractivity contribution in [3.8, 4) is 44.5 Å². The van der Waals surface area contributed by atoms with E-state index >= 15 is 0 Å². The van der Waals surface area contributed by atoms with E-state index in [1.807, 2.05) is 23.5 Å². The van der Waals surface area contributed by atoms with E-state index in [2.05, 4.69) is 314 Å². The summed E-state index contributed by atoms with van der Waals surface area (Å²) >= 11 is 3.78. The lowest BCUT2D eigenvalue weighted by atomic mass is 9.67. The first-order valence-corrected chi connectivity index (χ1v) is 30.8. The number of hydrogen-bond acceptors (Lipinski definition) is 3. The largest absolute Gasteiger partial charge is 0.310 e. The van der Waals surface area contributed by atoms with Gasteiger partial charge in [0.2, 0.25) is 0 Å². The van der Waals surface area contributed by atoms with Crippen molar-refractivity contribution in [2.45, 2.75) is 35.8 Å². The van der Waals surface area contributed by atoms with Crippen LogP contribution in [0.25, 0.3) is 44.5 Å². The lowest BCUT2D eigenvalue weighted by Gasteiger charge is -2.40. The molecule has 0 saturated carbocycles. The Morgan fingerprint density at radius 2 is 0.560 bits per heavy atom. The summed E-state index contributed by atoms with van der Waals surface area (Å²) in [5.41, 5.74) is 27.3. The van der Waals surface area contributed by atoms with Crippen LogP contribution < -0.4 is 4.90 Å². The fraction of sp³-hybridized carbons (Fsp3) is 0.0370. The van der Waals surface area contributed by atoms with E-state index in [1.165, 1.54) is 120 Å². The van der Waals surface area contributed by atoms with Crippen LogP contribution in [0.5, 0.6) is 0 Å². The van der Waals surface area contributed by atoms with Crippen molar-refractivity contribution in [2.24, 2.45) is 0 Å². The monoisotopic (exact) mass is 1100 g/mol. The van der Waals surface area contributed by atoms with E-state index in [9.17, 15) is 0 Å². The van der Waals surface area contributed by atoms with Crippen LogP contribution in [-0.4, -0.2) is 0 Å². The Labute approximate surface area is 498 Å². The molecule has 0 bridgehead atoms. The van der Waals surface area contributed by atoms with Gasteiger partial charge in [0.1, 0.15) is 0 Å². The molecule has 5 aliphatic rings. The molecule has 84 heavy (non-hydrogen) atoms. The quantitative estimate of drug-likeness (QED) is 0.163. The van der Waals surface area contributed by atoms with Crippen molar-refractivity contribution >= 4 is 40.6 Å². The van der Waals surface area contributed by atoms with Gasteiger partial charge in [0.25, 0.3) is 0 Å². The lowest BCUT2D eigenvalue weighted by molar-refractivity contribution is 0.722. The summed E-state index contributed by atoms with van der Waals surface area (Å²) in [6.07, 6.45) is 0. The number of anilines is 3. The molecule has 2 aliphatic heterocycles. The molecule has 2 heterocycles. The Balaban J connectivity index is 0.910. The minimum Gasteiger partial charge on any atom is -0.310 e. The van der Waals surface area contributed by atoms with E-state index in [-0.39, 0.29) is 0 Å². The second-order valence-corrected chi connectivity index (χ2v) is 25.0. The average molecular weight is 1100 g/mol. The first-order chi connectivity index (χ1) is 41.7. The summed E-state index contributed by atoms with van der Waals surface area (Å²) in [4.78, 5) is 7.77. The maximum Gasteiger partial charge on any atom is 0.0736 e. The summed E-state index contributed by atoms with van der Waals surface area (Å²) in [5.74, 6) is 0. The smallest absolute Gasteiger partial charge is 0.0736 e. The van der Waals surface area contributed by atoms with Crippen molar-refractivity contribution in [2.75, 3.05) is 4.90 Å². The third kappa shape index (κ3) is 6.33. The predicted octanol–water partition coefficient (Wildman–Crippen LogP) is 20.8. The second-order valence-electron chi connectivity index (χ2n) is 22.9. The Hall–Kier alpha value is -9.64. The molecule has 18 rings (SSSR count). The molecule has 13 aromatic carbocycles. The van der Waals surface area contributed by atoms with Gasteiger partial charge in [-0.25, -0.2) is 0 Å². The van der Waals surface area contributed by atoms with E-state index in [1.54, 1.807) is 0 Å². The zero-order valence-corrected chi connectivity index (χ0v) is 47.3. The summed E-state index contributed by atoms with van der Waals surface area (Å²) < 4.78 is 0. The summed E-state index contributed by atoms with van der Waals surface area (Å²) in [6, 6.07) is 118. The zero-order chi connectivity index (χ0) is 55.1. The molecule has 3 aliphatic carbocycles. The molecule has 13 aromatic rings. The maximum atomic E-state index is 2.58. The lowest BCUT2D eigenvalue weighted by Crippen LogP contribution is -2.32. The first kappa shape index (κ1) is 47.9. The Kier molecular flexibility index (Phi) is 10.4. The summed E-state index contributed by atoms with van der Waals surface area (Å²) in [6.45, 7) is 0. The number of nitrogens with zero attached hydrogens (tertiary/aromatic N) is 1.